The van der Waals surface area contributed by atoms with Gasteiger partial charge in [0.15, 0.2) is 0 Å². The maximum absolute atomic E-state index is 12.1. The summed E-state index contributed by atoms with van der Waals surface area (Å²) in [6.45, 7) is 6.09. The molecule has 0 heterocycles. The van der Waals surface area contributed by atoms with Crippen LogP contribution in [0.1, 0.15) is 33.6 Å². The molecule has 0 aliphatic carbocycles. The van der Waals surface area contributed by atoms with Gasteiger partial charge in [-0.3, -0.25) is 9.59 Å². The van der Waals surface area contributed by atoms with Crippen LogP contribution in [0.15, 0.2) is 0 Å². The molecule has 0 saturated heterocycles. The van der Waals surface area contributed by atoms with Gasteiger partial charge in [0, 0.05) is 26.1 Å². The summed E-state index contributed by atoms with van der Waals surface area (Å²) in [7, 11) is 1.37. The minimum Gasteiger partial charge on any atom is -0.463 e. The van der Waals surface area contributed by atoms with Gasteiger partial charge in [-0.1, -0.05) is 13.8 Å². The zero-order chi connectivity index (χ0) is 18.5. The molecule has 0 unspecified atom stereocenters. The van der Waals surface area contributed by atoms with Crippen molar-refractivity contribution in [2.75, 3.05) is 20.3 Å². The maximum atomic E-state index is 12.1. The zero-order valence-electron chi connectivity index (χ0n) is 14.6. The van der Waals surface area contributed by atoms with E-state index >= 15 is 0 Å². The molecule has 0 bridgehead atoms. The van der Waals surface area contributed by atoms with E-state index in [2.05, 4.69) is 15.4 Å². The highest BCUT2D eigenvalue weighted by molar-refractivity contribution is 6.25. The molecular formula is C15H26N4O5. The number of methoxy groups -OCH3 is 1. The Morgan fingerprint density at radius 2 is 1.92 bits per heavy atom. The van der Waals surface area contributed by atoms with Crippen LogP contribution in [0.2, 0.25) is 0 Å². The summed E-state index contributed by atoms with van der Waals surface area (Å²) in [5.74, 6) is -1.58. The number of hydrogen-bond donors (Lipinski definition) is 2. The van der Waals surface area contributed by atoms with Gasteiger partial charge in [-0.25, -0.2) is 4.79 Å². The van der Waals surface area contributed by atoms with E-state index in [1.807, 2.05) is 13.8 Å². The number of nitrogens with one attached hydrogen (secondary N) is 2. The quantitative estimate of drug-likeness (QED) is 0.165. The van der Waals surface area contributed by atoms with Crippen molar-refractivity contribution in [1.82, 2.24) is 10.6 Å². The van der Waals surface area contributed by atoms with Crippen LogP contribution in [-0.4, -0.2) is 67.1 Å². The molecule has 0 rings (SSSR count). The van der Waals surface area contributed by atoms with Gasteiger partial charge >= 0.3 is 12.2 Å². The van der Waals surface area contributed by atoms with E-state index in [0.29, 0.717) is 6.54 Å². The van der Waals surface area contributed by atoms with E-state index in [4.69, 9.17) is 15.0 Å². The molecule has 9 heteroatoms. The van der Waals surface area contributed by atoms with Crippen molar-refractivity contribution in [2.45, 2.75) is 51.8 Å². The summed E-state index contributed by atoms with van der Waals surface area (Å²) in [4.78, 5) is 38.0. The number of rotatable bonds is 12. The second kappa shape index (κ2) is 12.3. The van der Waals surface area contributed by atoms with E-state index in [9.17, 15) is 14.4 Å². The van der Waals surface area contributed by atoms with Crippen molar-refractivity contribution in [1.29, 1.82) is 0 Å². The molecule has 0 saturated carbocycles. The second-order valence-electron chi connectivity index (χ2n) is 5.46. The molecule has 9 nitrogen and oxygen atoms in total. The molecule has 0 aliphatic heterocycles. The monoisotopic (exact) mass is 342 g/mol. The molecule has 0 aliphatic rings. The van der Waals surface area contributed by atoms with Crippen molar-refractivity contribution < 1.29 is 28.6 Å². The Kier molecular flexibility index (Phi) is 11.3. The van der Waals surface area contributed by atoms with E-state index in [1.165, 1.54) is 14.0 Å². The normalized spacial score (nSPS) is 12.9. The Balaban J connectivity index is 4.64. The second-order valence-corrected chi connectivity index (χ2v) is 5.46. The lowest BCUT2D eigenvalue weighted by Gasteiger charge is -2.19. The Bertz CT molecular complexity index is 474. The van der Waals surface area contributed by atoms with E-state index in [0.717, 1.165) is 6.21 Å². The van der Waals surface area contributed by atoms with Crippen LogP contribution in [0.4, 0.5) is 0 Å². The SMILES string of the molecule is CO[C@@H](C)C(=O)N[C@@H](CCC(=O)C=[N+]=[N-])C(=O)OCCNC(C)C. The molecule has 0 aromatic carbocycles. The molecule has 0 radical (unpaired) electrons. The molecule has 0 aromatic heterocycles. The van der Waals surface area contributed by atoms with E-state index in [-0.39, 0.29) is 25.5 Å². The average Bonchev–Trinajstić information content (AvgIpc) is 2.54. The van der Waals surface area contributed by atoms with Gasteiger partial charge in [-0.2, -0.15) is 4.79 Å². The molecule has 1 amide bonds. The number of carbonyl (C=O) groups excluding carboxylic acids is 3. The van der Waals surface area contributed by atoms with Gasteiger partial charge in [0.2, 0.25) is 11.7 Å². The maximum Gasteiger partial charge on any atom is 0.328 e. The number of ketones is 1. The van der Waals surface area contributed by atoms with Gasteiger partial charge in [0.25, 0.3) is 0 Å². The topological polar surface area (TPSA) is 130 Å². The fourth-order valence-electron chi connectivity index (χ4n) is 1.66. The van der Waals surface area contributed by atoms with Crippen molar-refractivity contribution in [2.24, 2.45) is 0 Å². The van der Waals surface area contributed by atoms with Crippen LogP contribution < -0.4 is 10.6 Å². The van der Waals surface area contributed by atoms with Gasteiger partial charge in [0.1, 0.15) is 18.8 Å². The summed E-state index contributed by atoms with van der Waals surface area (Å²) in [5.41, 5.74) is 8.31. The fourth-order valence-corrected chi connectivity index (χ4v) is 1.66. The highest BCUT2D eigenvalue weighted by Gasteiger charge is 2.25. The molecule has 0 fully saturated rings. The van der Waals surface area contributed by atoms with Crippen molar-refractivity contribution in [3.8, 4) is 0 Å². The van der Waals surface area contributed by atoms with Gasteiger partial charge in [-0.05, 0) is 13.3 Å². The van der Waals surface area contributed by atoms with Crippen LogP contribution in [0.3, 0.4) is 0 Å². The smallest absolute Gasteiger partial charge is 0.328 e. The highest BCUT2D eigenvalue weighted by Crippen LogP contribution is 2.02. The fraction of sp³-hybridized carbons (Fsp3) is 0.733. The third-order valence-corrected chi connectivity index (χ3v) is 3.10. The number of hydrogen-bond acceptors (Lipinski definition) is 6. The predicted octanol–water partition coefficient (Wildman–Crippen LogP) is -0.303. The predicted molar refractivity (Wildman–Crippen MR) is 86.4 cm³/mol. The number of nitrogens with zero attached hydrogens (tertiary/aromatic N) is 2. The summed E-state index contributed by atoms with van der Waals surface area (Å²) in [5, 5.41) is 5.59. The first-order valence-corrected chi connectivity index (χ1v) is 7.75. The third kappa shape index (κ3) is 9.83. The Hall–Kier alpha value is -2.09. The van der Waals surface area contributed by atoms with Crippen molar-refractivity contribution >= 4 is 23.9 Å². The number of ether oxygens (including phenoxy) is 2. The number of carbonyl (C=O) groups is 3. The molecule has 0 spiro atoms. The number of amides is 1. The van der Waals surface area contributed by atoms with Crippen LogP contribution in [0.5, 0.6) is 0 Å². The van der Waals surface area contributed by atoms with E-state index < -0.39 is 29.8 Å². The lowest BCUT2D eigenvalue weighted by Crippen LogP contribution is -2.46. The van der Waals surface area contributed by atoms with Gasteiger partial charge < -0.3 is 25.6 Å². The molecule has 2 atom stereocenters. The van der Waals surface area contributed by atoms with Crippen molar-refractivity contribution in [3.63, 3.8) is 0 Å². The van der Waals surface area contributed by atoms with Crippen LogP contribution in [-0.2, 0) is 23.9 Å². The van der Waals surface area contributed by atoms with Crippen molar-refractivity contribution in [3.05, 3.63) is 5.53 Å². The largest absolute Gasteiger partial charge is 0.463 e. The lowest BCUT2D eigenvalue weighted by molar-refractivity contribution is -0.149. The van der Waals surface area contributed by atoms with Gasteiger partial charge in [0.05, 0.1) is 0 Å². The summed E-state index contributed by atoms with van der Waals surface area (Å²) < 4.78 is 10.00. The summed E-state index contributed by atoms with van der Waals surface area (Å²) >= 11 is 0. The molecule has 2 N–H and O–H groups in total. The number of esters is 1. The third-order valence-electron chi connectivity index (χ3n) is 3.10. The van der Waals surface area contributed by atoms with Gasteiger partial charge in [-0.15, -0.1) is 0 Å². The lowest BCUT2D eigenvalue weighted by atomic mass is 10.1. The van der Waals surface area contributed by atoms with E-state index in [1.54, 1.807) is 0 Å². The van der Waals surface area contributed by atoms with Crippen LogP contribution in [0, 0.1) is 0 Å². The van der Waals surface area contributed by atoms with Crippen LogP contribution in [0.25, 0.3) is 5.53 Å². The minimum absolute atomic E-state index is 0.0312. The zero-order valence-corrected chi connectivity index (χ0v) is 14.6. The Morgan fingerprint density at radius 1 is 1.25 bits per heavy atom. The molecule has 136 valence electrons. The first-order chi connectivity index (χ1) is 11.3. The number of Topliss-reactive ketones (excluding diaryl/α,β-unsaturated/α-hetero) is 1. The standard InChI is InChI=1S/C15H26N4O5/c1-10(2)17-7-8-24-15(22)13(6-5-12(20)9-18-16)19-14(21)11(3)23-4/h9-11,13,17H,5-8H2,1-4H3,(H,19,21)/t11-,13-/m0/s1. The average molecular weight is 342 g/mol. The molecule has 0 aromatic rings. The highest BCUT2D eigenvalue weighted by atomic mass is 16.5. The van der Waals surface area contributed by atoms with Crippen LogP contribution >= 0.6 is 0 Å². The Labute approximate surface area is 141 Å². The molecular weight excluding hydrogens is 316 g/mol. The Morgan fingerprint density at radius 3 is 2.46 bits per heavy atom. The summed E-state index contributed by atoms with van der Waals surface area (Å²) in [6, 6.07) is -0.720. The first kappa shape index (κ1) is 21.9. The first-order valence-electron chi connectivity index (χ1n) is 7.75. The molecule has 24 heavy (non-hydrogen) atoms. The minimum atomic E-state index is -0.981. The summed E-state index contributed by atoms with van der Waals surface area (Å²) in [6.07, 6.45) is -0.0362.